The normalized spacial score (nSPS) is 19.4. The van der Waals surface area contributed by atoms with Crippen molar-refractivity contribution >= 4 is 12.0 Å². The van der Waals surface area contributed by atoms with Crippen molar-refractivity contribution in [1.29, 1.82) is 0 Å². The van der Waals surface area contributed by atoms with E-state index in [1.165, 1.54) is 0 Å². The van der Waals surface area contributed by atoms with E-state index in [2.05, 4.69) is 10.6 Å². The number of rotatable bonds is 6. The van der Waals surface area contributed by atoms with Gasteiger partial charge in [0.1, 0.15) is 18.2 Å². The predicted molar refractivity (Wildman–Crippen MR) is 75.2 cm³/mol. The molecule has 22 heavy (non-hydrogen) atoms. The molecular formula is C15H18F2N2O3. The predicted octanol–water partition coefficient (Wildman–Crippen LogP) is 1.93. The Morgan fingerprint density at radius 3 is 2.82 bits per heavy atom. The molecule has 2 atom stereocenters. The largest absolute Gasteiger partial charge is 0.464 e. The van der Waals surface area contributed by atoms with Crippen molar-refractivity contribution < 1.29 is 23.1 Å². The minimum Gasteiger partial charge on any atom is -0.464 e. The Hall–Kier alpha value is -2.18. The number of benzene rings is 1. The first-order chi connectivity index (χ1) is 10.5. The van der Waals surface area contributed by atoms with Gasteiger partial charge in [-0.15, -0.1) is 0 Å². The molecule has 5 nitrogen and oxygen atoms in total. The third-order valence-electron chi connectivity index (χ3n) is 3.42. The quantitative estimate of drug-likeness (QED) is 0.623. The van der Waals surface area contributed by atoms with Crippen molar-refractivity contribution in [3.05, 3.63) is 35.4 Å². The van der Waals surface area contributed by atoms with Crippen molar-refractivity contribution in [2.45, 2.75) is 19.3 Å². The van der Waals surface area contributed by atoms with Gasteiger partial charge in [-0.1, -0.05) is 0 Å². The lowest BCUT2D eigenvalue weighted by Gasteiger charge is -2.07. The van der Waals surface area contributed by atoms with E-state index in [0.29, 0.717) is 13.0 Å². The zero-order valence-electron chi connectivity index (χ0n) is 12.2. The van der Waals surface area contributed by atoms with Crippen LogP contribution in [-0.2, 0) is 9.53 Å². The first kappa shape index (κ1) is 16.2. The van der Waals surface area contributed by atoms with E-state index in [9.17, 15) is 18.4 Å². The summed E-state index contributed by atoms with van der Waals surface area (Å²) in [5.74, 6) is -2.27. The van der Waals surface area contributed by atoms with E-state index >= 15 is 0 Å². The van der Waals surface area contributed by atoms with Crippen LogP contribution in [0, 0.1) is 17.6 Å². The monoisotopic (exact) mass is 312 g/mol. The lowest BCUT2D eigenvalue weighted by molar-refractivity contribution is -0.145. The maximum atomic E-state index is 13.6. The molecule has 120 valence electrons. The molecule has 1 fully saturated rings. The fraction of sp³-hybridized carbons (Fsp3) is 0.467. The highest BCUT2D eigenvalue weighted by Crippen LogP contribution is 2.49. The summed E-state index contributed by atoms with van der Waals surface area (Å²) < 4.78 is 31.7. The highest BCUT2D eigenvalue weighted by atomic mass is 19.1. The third kappa shape index (κ3) is 4.16. The van der Waals surface area contributed by atoms with Gasteiger partial charge in [0.25, 0.3) is 0 Å². The summed E-state index contributed by atoms with van der Waals surface area (Å²) in [5, 5.41) is 5.06. The molecule has 0 aliphatic heterocycles. The summed E-state index contributed by atoms with van der Waals surface area (Å²) in [6.45, 7) is 2.54. The van der Waals surface area contributed by atoms with Crippen LogP contribution in [0.5, 0.6) is 0 Å². The fourth-order valence-electron chi connectivity index (χ4n) is 2.24. The summed E-state index contributed by atoms with van der Waals surface area (Å²) >= 11 is 0. The summed E-state index contributed by atoms with van der Waals surface area (Å²) in [4.78, 5) is 22.9. The van der Waals surface area contributed by atoms with Crippen molar-refractivity contribution in [3.63, 3.8) is 0 Å². The summed E-state index contributed by atoms with van der Waals surface area (Å²) in [5.41, 5.74) is 0.211. The van der Waals surface area contributed by atoms with Crippen LogP contribution in [-0.4, -0.2) is 31.7 Å². The van der Waals surface area contributed by atoms with Crippen molar-refractivity contribution in [2.75, 3.05) is 19.7 Å². The van der Waals surface area contributed by atoms with Crippen LogP contribution in [0.2, 0.25) is 0 Å². The summed E-state index contributed by atoms with van der Waals surface area (Å²) in [7, 11) is 0. The molecule has 1 aromatic carbocycles. The SMILES string of the molecule is CCNC(=O)NCCOC(=O)[C@H]1C[C@@H]1c1cc(F)ccc1F. The van der Waals surface area contributed by atoms with Gasteiger partial charge in [0.05, 0.1) is 12.5 Å². The molecule has 1 saturated carbocycles. The van der Waals surface area contributed by atoms with Gasteiger partial charge in [-0.05, 0) is 37.1 Å². The molecule has 0 radical (unpaired) electrons. The van der Waals surface area contributed by atoms with Crippen LogP contribution in [0.1, 0.15) is 24.8 Å². The van der Waals surface area contributed by atoms with Crippen LogP contribution in [0.3, 0.4) is 0 Å². The molecular weight excluding hydrogens is 294 g/mol. The van der Waals surface area contributed by atoms with E-state index in [-0.39, 0.29) is 30.7 Å². The van der Waals surface area contributed by atoms with Crippen LogP contribution in [0.15, 0.2) is 18.2 Å². The fourth-order valence-corrected chi connectivity index (χ4v) is 2.24. The Morgan fingerprint density at radius 2 is 2.09 bits per heavy atom. The second-order valence-corrected chi connectivity index (χ2v) is 5.07. The van der Waals surface area contributed by atoms with Crippen LogP contribution in [0.25, 0.3) is 0 Å². The van der Waals surface area contributed by atoms with Crippen molar-refractivity contribution in [2.24, 2.45) is 5.92 Å². The Balaban J connectivity index is 1.74. The molecule has 1 aliphatic carbocycles. The first-order valence-corrected chi connectivity index (χ1v) is 7.16. The van der Waals surface area contributed by atoms with E-state index in [1.807, 2.05) is 0 Å². The molecule has 0 aromatic heterocycles. The Bertz CT molecular complexity index is 566. The molecule has 7 heteroatoms. The first-order valence-electron chi connectivity index (χ1n) is 7.16. The molecule has 0 spiro atoms. The average molecular weight is 312 g/mol. The minimum atomic E-state index is -0.526. The molecule has 1 aliphatic rings. The molecule has 1 aromatic rings. The highest BCUT2D eigenvalue weighted by molar-refractivity contribution is 5.77. The van der Waals surface area contributed by atoms with Gasteiger partial charge in [0, 0.05) is 12.5 Å². The maximum Gasteiger partial charge on any atom is 0.314 e. The van der Waals surface area contributed by atoms with Gasteiger partial charge in [-0.25, -0.2) is 13.6 Å². The van der Waals surface area contributed by atoms with Crippen molar-refractivity contribution in [3.8, 4) is 0 Å². The molecule has 2 rings (SSSR count). The zero-order valence-corrected chi connectivity index (χ0v) is 12.2. The molecule has 0 bridgehead atoms. The van der Waals surface area contributed by atoms with Gasteiger partial charge in [-0.3, -0.25) is 4.79 Å². The molecule has 2 N–H and O–H groups in total. The smallest absolute Gasteiger partial charge is 0.314 e. The van der Waals surface area contributed by atoms with Crippen LogP contribution >= 0.6 is 0 Å². The maximum absolute atomic E-state index is 13.6. The molecule has 2 amide bonds. The van der Waals surface area contributed by atoms with Gasteiger partial charge in [-0.2, -0.15) is 0 Å². The second-order valence-electron chi connectivity index (χ2n) is 5.07. The van der Waals surface area contributed by atoms with E-state index in [0.717, 1.165) is 18.2 Å². The number of esters is 1. The number of nitrogens with one attached hydrogen (secondary N) is 2. The van der Waals surface area contributed by atoms with E-state index in [4.69, 9.17) is 4.74 Å². The number of urea groups is 1. The number of ether oxygens (including phenoxy) is 1. The third-order valence-corrected chi connectivity index (χ3v) is 3.42. The Kier molecular flexibility index (Phi) is 5.30. The number of hydrogen-bond acceptors (Lipinski definition) is 3. The number of amides is 2. The standard InChI is InChI=1S/C15H18F2N2O3/c1-2-18-15(21)19-5-6-22-14(20)12-8-10(12)11-7-9(16)3-4-13(11)17/h3-4,7,10,12H,2,5-6,8H2,1H3,(H2,18,19,21)/t10-,12+/m1/s1. The number of carbonyl (C=O) groups excluding carboxylic acids is 2. The summed E-state index contributed by atoms with van der Waals surface area (Å²) in [6.07, 6.45) is 0.447. The Labute approximate surface area is 127 Å². The lowest BCUT2D eigenvalue weighted by Crippen LogP contribution is -2.37. The molecule has 0 saturated heterocycles. The number of carbonyl (C=O) groups is 2. The van der Waals surface area contributed by atoms with Crippen molar-refractivity contribution in [1.82, 2.24) is 10.6 Å². The molecule has 0 unspecified atom stereocenters. The van der Waals surface area contributed by atoms with Gasteiger partial charge < -0.3 is 15.4 Å². The average Bonchev–Trinajstić information content (AvgIpc) is 3.26. The zero-order chi connectivity index (χ0) is 16.1. The van der Waals surface area contributed by atoms with Crippen LogP contribution < -0.4 is 10.6 Å². The second kappa shape index (κ2) is 7.20. The topological polar surface area (TPSA) is 67.4 Å². The number of halogens is 2. The lowest BCUT2D eigenvalue weighted by atomic mass is 10.1. The van der Waals surface area contributed by atoms with Gasteiger partial charge in [0.2, 0.25) is 0 Å². The van der Waals surface area contributed by atoms with E-state index < -0.39 is 23.5 Å². The van der Waals surface area contributed by atoms with Crippen LogP contribution in [0.4, 0.5) is 13.6 Å². The van der Waals surface area contributed by atoms with Gasteiger partial charge in [0.15, 0.2) is 0 Å². The highest BCUT2D eigenvalue weighted by Gasteiger charge is 2.46. The van der Waals surface area contributed by atoms with E-state index in [1.54, 1.807) is 6.92 Å². The molecule has 0 heterocycles. The minimum absolute atomic E-state index is 0.0464. The van der Waals surface area contributed by atoms with Gasteiger partial charge >= 0.3 is 12.0 Å². The summed E-state index contributed by atoms with van der Waals surface area (Å²) in [6, 6.07) is 2.89. The number of hydrogen-bond donors (Lipinski definition) is 2. The Morgan fingerprint density at radius 1 is 1.32 bits per heavy atom.